The summed E-state index contributed by atoms with van der Waals surface area (Å²) >= 11 is 0. The van der Waals surface area contributed by atoms with Crippen molar-refractivity contribution in [2.24, 2.45) is 0 Å². The summed E-state index contributed by atoms with van der Waals surface area (Å²) in [6.07, 6.45) is 3.47. The second kappa shape index (κ2) is 7.77. The van der Waals surface area contributed by atoms with Gasteiger partial charge in [0.2, 0.25) is 0 Å². The third-order valence-electron chi connectivity index (χ3n) is 4.15. The van der Waals surface area contributed by atoms with Gasteiger partial charge in [-0.2, -0.15) is 5.26 Å². The van der Waals surface area contributed by atoms with Gasteiger partial charge in [0.1, 0.15) is 5.54 Å². The zero-order valence-electron chi connectivity index (χ0n) is 13.4. The van der Waals surface area contributed by atoms with Crippen LogP contribution in [0.3, 0.4) is 0 Å². The van der Waals surface area contributed by atoms with Crippen LogP contribution in [-0.2, 0) is 20.7 Å². The summed E-state index contributed by atoms with van der Waals surface area (Å²) in [6, 6.07) is 11.5. The van der Waals surface area contributed by atoms with Crippen molar-refractivity contribution in [1.29, 1.82) is 5.26 Å². The molecule has 1 N–H and O–H groups in total. The lowest BCUT2D eigenvalue weighted by Gasteiger charge is -2.32. The van der Waals surface area contributed by atoms with Gasteiger partial charge in [0, 0.05) is 0 Å². The van der Waals surface area contributed by atoms with E-state index in [-0.39, 0.29) is 6.42 Å². The van der Waals surface area contributed by atoms with Gasteiger partial charge in [-0.05, 0) is 25.3 Å². The highest BCUT2D eigenvalue weighted by Gasteiger charge is 2.35. The Balaban J connectivity index is 1.87. The number of hydrogen-bond acceptors (Lipinski definition) is 4. The SMILES string of the molecule is CC(OC(=O)Cc1ccccc1)C(=O)NC1(C#N)CCCCC1. The van der Waals surface area contributed by atoms with Gasteiger partial charge in [0.15, 0.2) is 6.10 Å². The van der Waals surface area contributed by atoms with Gasteiger partial charge in [0.25, 0.3) is 5.91 Å². The Morgan fingerprint density at radius 3 is 2.52 bits per heavy atom. The molecule has 23 heavy (non-hydrogen) atoms. The summed E-state index contributed by atoms with van der Waals surface area (Å²) in [6.45, 7) is 1.53. The minimum absolute atomic E-state index is 0.127. The Kier molecular flexibility index (Phi) is 5.75. The van der Waals surface area contributed by atoms with E-state index in [0.717, 1.165) is 24.8 Å². The van der Waals surface area contributed by atoms with E-state index in [1.54, 1.807) is 0 Å². The first-order valence-corrected chi connectivity index (χ1v) is 8.01. The van der Waals surface area contributed by atoms with E-state index >= 15 is 0 Å². The molecule has 1 atom stereocenters. The molecule has 5 nitrogen and oxygen atoms in total. The average Bonchev–Trinajstić information content (AvgIpc) is 2.56. The van der Waals surface area contributed by atoms with Gasteiger partial charge in [0.05, 0.1) is 12.5 Å². The number of hydrogen-bond donors (Lipinski definition) is 1. The maximum Gasteiger partial charge on any atom is 0.311 e. The van der Waals surface area contributed by atoms with E-state index in [9.17, 15) is 14.9 Å². The third-order valence-corrected chi connectivity index (χ3v) is 4.15. The third kappa shape index (κ3) is 4.82. The lowest BCUT2D eigenvalue weighted by Crippen LogP contribution is -2.52. The van der Waals surface area contributed by atoms with Gasteiger partial charge in [-0.1, -0.05) is 49.6 Å². The van der Waals surface area contributed by atoms with Gasteiger partial charge in [-0.15, -0.1) is 0 Å². The first kappa shape index (κ1) is 17.0. The minimum atomic E-state index is -0.904. The molecular weight excluding hydrogens is 292 g/mol. The van der Waals surface area contributed by atoms with Crippen molar-refractivity contribution < 1.29 is 14.3 Å². The van der Waals surface area contributed by atoms with Crippen molar-refractivity contribution in [2.45, 2.75) is 57.1 Å². The van der Waals surface area contributed by atoms with Crippen molar-refractivity contribution in [3.8, 4) is 6.07 Å². The van der Waals surface area contributed by atoms with Crippen LogP contribution in [0, 0.1) is 11.3 Å². The Labute approximate surface area is 136 Å². The number of nitrogens with zero attached hydrogens (tertiary/aromatic N) is 1. The molecule has 1 unspecified atom stereocenters. The first-order valence-electron chi connectivity index (χ1n) is 8.01. The number of esters is 1. The van der Waals surface area contributed by atoms with Gasteiger partial charge >= 0.3 is 5.97 Å². The predicted octanol–water partition coefficient (Wildman–Crippen LogP) is 2.50. The summed E-state index contributed by atoms with van der Waals surface area (Å²) in [4.78, 5) is 24.1. The molecule has 1 aliphatic carbocycles. The van der Waals surface area contributed by atoms with Gasteiger partial charge < -0.3 is 10.1 Å². The van der Waals surface area contributed by atoms with E-state index in [1.165, 1.54) is 6.92 Å². The zero-order valence-corrected chi connectivity index (χ0v) is 13.4. The highest BCUT2D eigenvalue weighted by atomic mass is 16.5. The molecule has 1 aliphatic rings. The van der Waals surface area contributed by atoms with E-state index in [0.29, 0.717) is 12.8 Å². The molecule has 0 radical (unpaired) electrons. The number of nitriles is 1. The molecule has 122 valence electrons. The first-order chi connectivity index (χ1) is 11.0. The molecule has 1 amide bonds. The van der Waals surface area contributed by atoms with Crippen LogP contribution in [0.4, 0.5) is 0 Å². The fourth-order valence-corrected chi connectivity index (χ4v) is 2.81. The van der Waals surface area contributed by atoms with Crippen LogP contribution in [0.2, 0.25) is 0 Å². The van der Waals surface area contributed by atoms with Crippen LogP contribution in [0.1, 0.15) is 44.6 Å². The second-order valence-corrected chi connectivity index (χ2v) is 6.04. The lowest BCUT2D eigenvalue weighted by atomic mass is 9.83. The maximum absolute atomic E-state index is 12.2. The molecular formula is C18H22N2O3. The zero-order chi connectivity index (χ0) is 16.7. The Bertz CT molecular complexity index is 586. The number of ether oxygens (including phenoxy) is 1. The van der Waals surface area contributed by atoms with Crippen LogP contribution in [0.25, 0.3) is 0 Å². The van der Waals surface area contributed by atoms with Crippen molar-refractivity contribution >= 4 is 11.9 Å². The topological polar surface area (TPSA) is 79.2 Å². The Morgan fingerprint density at radius 1 is 1.26 bits per heavy atom. The Morgan fingerprint density at radius 2 is 1.91 bits per heavy atom. The van der Waals surface area contributed by atoms with Crippen LogP contribution in [0.5, 0.6) is 0 Å². The van der Waals surface area contributed by atoms with E-state index in [4.69, 9.17) is 4.74 Å². The van der Waals surface area contributed by atoms with Crippen molar-refractivity contribution in [3.63, 3.8) is 0 Å². The molecule has 0 spiro atoms. The predicted molar refractivity (Wildman–Crippen MR) is 85.3 cm³/mol. The molecule has 2 rings (SSSR count). The number of nitrogens with one attached hydrogen (secondary N) is 1. The van der Waals surface area contributed by atoms with Crippen LogP contribution in [-0.4, -0.2) is 23.5 Å². The molecule has 0 bridgehead atoms. The van der Waals surface area contributed by atoms with E-state index < -0.39 is 23.5 Å². The molecule has 1 fully saturated rings. The summed E-state index contributed by atoms with van der Waals surface area (Å²) in [7, 11) is 0. The highest BCUT2D eigenvalue weighted by Crippen LogP contribution is 2.27. The van der Waals surface area contributed by atoms with Crippen LogP contribution >= 0.6 is 0 Å². The van der Waals surface area contributed by atoms with Crippen LogP contribution < -0.4 is 5.32 Å². The van der Waals surface area contributed by atoms with Crippen LogP contribution in [0.15, 0.2) is 30.3 Å². The monoisotopic (exact) mass is 314 g/mol. The summed E-state index contributed by atoms with van der Waals surface area (Å²) in [5.41, 5.74) is 0.0287. The van der Waals surface area contributed by atoms with E-state index in [1.807, 2.05) is 30.3 Å². The summed E-state index contributed by atoms with van der Waals surface area (Å²) < 4.78 is 5.19. The standard InChI is InChI=1S/C18H22N2O3/c1-14(23-16(21)12-15-8-4-2-5-9-15)17(22)20-18(13-19)10-6-3-7-11-18/h2,4-5,8-9,14H,3,6-7,10-12H2,1H3,(H,20,22). The summed E-state index contributed by atoms with van der Waals surface area (Å²) in [5, 5.41) is 12.2. The van der Waals surface area contributed by atoms with Crippen molar-refractivity contribution in [1.82, 2.24) is 5.32 Å². The minimum Gasteiger partial charge on any atom is -0.452 e. The normalized spacial score (nSPS) is 17.6. The molecule has 1 saturated carbocycles. The fourth-order valence-electron chi connectivity index (χ4n) is 2.81. The van der Waals surface area contributed by atoms with Crippen molar-refractivity contribution in [2.75, 3.05) is 0 Å². The molecule has 1 aromatic rings. The van der Waals surface area contributed by atoms with Crippen molar-refractivity contribution in [3.05, 3.63) is 35.9 Å². The maximum atomic E-state index is 12.2. The fraction of sp³-hybridized carbons (Fsp3) is 0.500. The largest absolute Gasteiger partial charge is 0.452 e. The quantitative estimate of drug-likeness (QED) is 0.847. The molecule has 1 aromatic carbocycles. The number of carbonyl (C=O) groups is 2. The Hall–Kier alpha value is -2.35. The number of amides is 1. The number of rotatable bonds is 5. The lowest BCUT2D eigenvalue weighted by molar-refractivity contribution is -0.154. The molecule has 0 aromatic heterocycles. The molecule has 0 aliphatic heterocycles. The number of benzene rings is 1. The summed E-state index contributed by atoms with van der Waals surface area (Å²) in [5.74, 6) is -0.858. The van der Waals surface area contributed by atoms with Gasteiger partial charge in [-0.3, -0.25) is 9.59 Å². The smallest absolute Gasteiger partial charge is 0.311 e. The molecule has 0 heterocycles. The molecule has 0 saturated heterocycles. The second-order valence-electron chi connectivity index (χ2n) is 6.04. The van der Waals surface area contributed by atoms with E-state index in [2.05, 4.69) is 11.4 Å². The number of carbonyl (C=O) groups excluding carboxylic acids is 2. The average molecular weight is 314 g/mol. The highest BCUT2D eigenvalue weighted by molar-refractivity contribution is 5.84. The molecule has 5 heteroatoms. The van der Waals surface area contributed by atoms with Gasteiger partial charge in [-0.25, -0.2) is 0 Å².